The molecule has 1 aliphatic heterocycles. The average Bonchev–Trinajstić information content (AvgIpc) is 3.01. The van der Waals surface area contributed by atoms with Crippen molar-refractivity contribution in [2.24, 2.45) is 11.8 Å². The molecule has 1 heterocycles. The van der Waals surface area contributed by atoms with E-state index in [0.717, 1.165) is 30.5 Å². The van der Waals surface area contributed by atoms with E-state index >= 15 is 0 Å². The van der Waals surface area contributed by atoms with Crippen molar-refractivity contribution in [2.45, 2.75) is 52.1 Å². The summed E-state index contributed by atoms with van der Waals surface area (Å²) in [6, 6.07) is 1.68. The van der Waals surface area contributed by atoms with Crippen molar-refractivity contribution in [3.05, 3.63) is 0 Å². The van der Waals surface area contributed by atoms with Crippen molar-refractivity contribution in [3.63, 3.8) is 0 Å². The number of piperidine rings is 1. The van der Waals surface area contributed by atoms with E-state index < -0.39 is 0 Å². The van der Waals surface area contributed by atoms with E-state index in [1.165, 1.54) is 32.4 Å². The summed E-state index contributed by atoms with van der Waals surface area (Å²) < 4.78 is 0. The van der Waals surface area contributed by atoms with E-state index in [9.17, 15) is 0 Å². The van der Waals surface area contributed by atoms with E-state index in [0.29, 0.717) is 0 Å². The molecule has 1 N–H and O–H groups in total. The van der Waals surface area contributed by atoms with Gasteiger partial charge in [-0.2, -0.15) is 0 Å². The van der Waals surface area contributed by atoms with Gasteiger partial charge in [0.1, 0.15) is 0 Å². The first kappa shape index (κ1) is 11.4. The Morgan fingerprint density at radius 2 is 2.00 bits per heavy atom. The van der Waals surface area contributed by atoms with Gasteiger partial charge < -0.3 is 5.32 Å². The Morgan fingerprint density at radius 3 is 2.53 bits per heavy atom. The smallest absolute Gasteiger partial charge is 0.0198 e. The number of likely N-dealkylation sites (tertiary alicyclic amines) is 1. The van der Waals surface area contributed by atoms with Crippen LogP contribution in [0.1, 0.15) is 40.0 Å². The zero-order chi connectivity index (χ0) is 10.8. The molecule has 88 valence electrons. The molecule has 2 fully saturated rings. The van der Waals surface area contributed by atoms with Crippen molar-refractivity contribution in [3.8, 4) is 0 Å². The van der Waals surface area contributed by atoms with Gasteiger partial charge in [0.25, 0.3) is 0 Å². The molecule has 0 bridgehead atoms. The van der Waals surface area contributed by atoms with Gasteiger partial charge in [-0.05, 0) is 37.6 Å². The maximum absolute atomic E-state index is 3.64. The molecular formula is C13H26N2. The van der Waals surface area contributed by atoms with Crippen LogP contribution in [0.15, 0.2) is 0 Å². The molecule has 2 unspecified atom stereocenters. The van der Waals surface area contributed by atoms with E-state index in [2.05, 4.69) is 31.0 Å². The molecule has 2 aliphatic rings. The van der Waals surface area contributed by atoms with Gasteiger partial charge >= 0.3 is 0 Å². The Hall–Kier alpha value is -0.0800. The van der Waals surface area contributed by atoms with Gasteiger partial charge in [0, 0.05) is 25.2 Å². The second kappa shape index (κ2) is 4.84. The lowest BCUT2D eigenvalue weighted by atomic mass is 9.85. The molecule has 1 aliphatic carbocycles. The van der Waals surface area contributed by atoms with Crippen molar-refractivity contribution in [2.75, 3.05) is 19.6 Å². The standard InChI is InChI=1S/C13H26N2/c1-4-14-12-7-11(10(2)3)8-15(9-12)13-5-6-13/h10-14H,4-9H2,1-3H3. The van der Waals surface area contributed by atoms with Gasteiger partial charge in [0.05, 0.1) is 0 Å². The van der Waals surface area contributed by atoms with Crippen LogP contribution in [0.25, 0.3) is 0 Å². The second-order valence-electron chi connectivity index (χ2n) is 5.68. The highest BCUT2D eigenvalue weighted by atomic mass is 15.2. The molecule has 2 rings (SSSR count). The van der Waals surface area contributed by atoms with E-state index in [1.807, 2.05) is 0 Å². The van der Waals surface area contributed by atoms with Crippen LogP contribution < -0.4 is 5.32 Å². The number of nitrogens with zero attached hydrogens (tertiary/aromatic N) is 1. The minimum Gasteiger partial charge on any atom is -0.313 e. The molecule has 0 aromatic carbocycles. The third-order valence-corrected chi connectivity index (χ3v) is 4.01. The highest BCUT2D eigenvalue weighted by molar-refractivity contribution is 4.92. The fraction of sp³-hybridized carbons (Fsp3) is 1.00. The van der Waals surface area contributed by atoms with Crippen LogP contribution in [0, 0.1) is 11.8 Å². The highest BCUT2D eigenvalue weighted by Crippen LogP contribution is 2.33. The van der Waals surface area contributed by atoms with E-state index in [4.69, 9.17) is 0 Å². The number of hydrogen-bond donors (Lipinski definition) is 1. The van der Waals surface area contributed by atoms with E-state index in [1.54, 1.807) is 0 Å². The van der Waals surface area contributed by atoms with Crippen molar-refractivity contribution >= 4 is 0 Å². The van der Waals surface area contributed by atoms with Gasteiger partial charge in [-0.3, -0.25) is 4.90 Å². The number of likely N-dealkylation sites (N-methyl/N-ethyl adjacent to an activating group) is 1. The Kier molecular flexibility index (Phi) is 3.68. The molecule has 15 heavy (non-hydrogen) atoms. The quantitative estimate of drug-likeness (QED) is 0.764. The van der Waals surface area contributed by atoms with Crippen LogP contribution in [0.3, 0.4) is 0 Å². The van der Waals surface area contributed by atoms with E-state index in [-0.39, 0.29) is 0 Å². The topological polar surface area (TPSA) is 15.3 Å². The Balaban J connectivity index is 1.91. The predicted octanol–water partition coefficient (Wildman–Crippen LogP) is 2.10. The summed E-state index contributed by atoms with van der Waals surface area (Å²) in [6.45, 7) is 10.7. The fourth-order valence-electron chi connectivity index (χ4n) is 2.83. The van der Waals surface area contributed by atoms with Crippen molar-refractivity contribution in [1.29, 1.82) is 0 Å². The Labute approximate surface area is 94.4 Å². The first-order chi connectivity index (χ1) is 7.20. The normalized spacial score (nSPS) is 33.6. The van der Waals surface area contributed by atoms with Crippen molar-refractivity contribution in [1.82, 2.24) is 10.2 Å². The van der Waals surface area contributed by atoms with Gasteiger partial charge in [0.2, 0.25) is 0 Å². The molecule has 1 saturated heterocycles. The molecule has 2 nitrogen and oxygen atoms in total. The summed E-state index contributed by atoms with van der Waals surface area (Å²) in [7, 11) is 0. The van der Waals surface area contributed by atoms with Crippen LogP contribution in [-0.2, 0) is 0 Å². The molecule has 2 heteroatoms. The Morgan fingerprint density at radius 1 is 1.27 bits per heavy atom. The molecule has 0 spiro atoms. The van der Waals surface area contributed by atoms with Crippen LogP contribution in [0.5, 0.6) is 0 Å². The van der Waals surface area contributed by atoms with Crippen LogP contribution in [0.2, 0.25) is 0 Å². The molecule has 0 amide bonds. The van der Waals surface area contributed by atoms with Crippen LogP contribution in [-0.4, -0.2) is 36.6 Å². The Bertz CT molecular complexity index is 189. The zero-order valence-corrected chi connectivity index (χ0v) is 10.5. The number of hydrogen-bond acceptors (Lipinski definition) is 2. The SMILES string of the molecule is CCNC1CC(C(C)C)CN(C2CC2)C1. The first-order valence-electron chi connectivity index (χ1n) is 6.68. The lowest BCUT2D eigenvalue weighted by Gasteiger charge is -2.40. The maximum Gasteiger partial charge on any atom is 0.0198 e. The largest absolute Gasteiger partial charge is 0.313 e. The van der Waals surface area contributed by atoms with Gasteiger partial charge in [-0.25, -0.2) is 0 Å². The predicted molar refractivity (Wildman–Crippen MR) is 65.0 cm³/mol. The lowest BCUT2D eigenvalue weighted by molar-refractivity contribution is 0.110. The number of rotatable bonds is 4. The molecule has 0 aromatic heterocycles. The average molecular weight is 210 g/mol. The molecule has 0 aromatic rings. The first-order valence-corrected chi connectivity index (χ1v) is 6.68. The second-order valence-corrected chi connectivity index (χ2v) is 5.68. The van der Waals surface area contributed by atoms with Crippen LogP contribution in [0.4, 0.5) is 0 Å². The van der Waals surface area contributed by atoms with Crippen molar-refractivity contribution < 1.29 is 0 Å². The summed E-state index contributed by atoms with van der Waals surface area (Å²) in [5.41, 5.74) is 0. The molecule has 2 atom stereocenters. The summed E-state index contributed by atoms with van der Waals surface area (Å²) in [5, 5.41) is 3.64. The minimum atomic E-state index is 0.747. The highest BCUT2D eigenvalue weighted by Gasteiger charge is 2.36. The fourth-order valence-corrected chi connectivity index (χ4v) is 2.83. The third-order valence-electron chi connectivity index (χ3n) is 4.01. The minimum absolute atomic E-state index is 0.747. The summed E-state index contributed by atoms with van der Waals surface area (Å²) >= 11 is 0. The summed E-state index contributed by atoms with van der Waals surface area (Å²) in [4.78, 5) is 2.74. The molecule has 1 saturated carbocycles. The van der Waals surface area contributed by atoms with Gasteiger partial charge in [0.15, 0.2) is 0 Å². The monoisotopic (exact) mass is 210 g/mol. The third kappa shape index (κ3) is 2.94. The maximum atomic E-state index is 3.64. The lowest BCUT2D eigenvalue weighted by Crippen LogP contribution is -2.50. The summed E-state index contributed by atoms with van der Waals surface area (Å²) in [6.07, 6.45) is 4.28. The van der Waals surface area contributed by atoms with Crippen LogP contribution >= 0.6 is 0 Å². The van der Waals surface area contributed by atoms with Gasteiger partial charge in [-0.1, -0.05) is 20.8 Å². The molecule has 0 radical (unpaired) electrons. The zero-order valence-electron chi connectivity index (χ0n) is 10.5. The van der Waals surface area contributed by atoms with Gasteiger partial charge in [-0.15, -0.1) is 0 Å². The molecular weight excluding hydrogens is 184 g/mol. The number of nitrogens with one attached hydrogen (secondary N) is 1. The summed E-state index contributed by atoms with van der Waals surface area (Å²) in [5.74, 6) is 1.75.